The van der Waals surface area contributed by atoms with Crippen LogP contribution in [-0.4, -0.2) is 20.8 Å². The minimum absolute atomic E-state index is 0.732. The number of methoxy groups -OCH3 is 2. The molecule has 0 radical (unpaired) electrons. The molecule has 0 atom stereocenters. The SMILES string of the molecule is COc1cccc(-c2cccc3c2OCC3)c1OC. The molecule has 98 valence electrons. The van der Waals surface area contributed by atoms with Gasteiger partial charge in [0.1, 0.15) is 5.75 Å². The van der Waals surface area contributed by atoms with Gasteiger partial charge in [0.05, 0.1) is 20.8 Å². The Balaban J connectivity index is 2.20. The van der Waals surface area contributed by atoms with Gasteiger partial charge in [-0.1, -0.05) is 30.3 Å². The van der Waals surface area contributed by atoms with Crippen molar-refractivity contribution in [2.75, 3.05) is 20.8 Å². The predicted molar refractivity (Wildman–Crippen MR) is 74.2 cm³/mol. The van der Waals surface area contributed by atoms with Crippen LogP contribution in [0.2, 0.25) is 0 Å². The number of fused-ring (bicyclic) bond motifs is 1. The fourth-order valence-corrected chi connectivity index (χ4v) is 2.53. The highest BCUT2D eigenvalue weighted by Gasteiger charge is 2.20. The maximum absolute atomic E-state index is 5.76. The minimum atomic E-state index is 0.732. The van der Waals surface area contributed by atoms with Crippen molar-refractivity contribution in [3.8, 4) is 28.4 Å². The summed E-state index contributed by atoms with van der Waals surface area (Å²) in [4.78, 5) is 0. The van der Waals surface area contributed by atoms with E-state index in [0.29, 0.717) is 0 Å². The molecule has 0 spiro atoms. The summed E-state index contributed by atoms with van der Waals surface area (Å²) in [7, 11) is 3.30. The zero-order valence-electron chi connectivity index (χ0n) is 11.1. The van der Waals surface area contributed by atoms with Crippen molar-refractivity contribution in [1.82, 2.24) is 0 Å². The quantitative estimate of drug-likeness (QED) is 0.843. The molecule has 3 heteroatoms. The van der Waals surface area contributed by atoms with Gasteiger partial charge in [-0.2, -0.15) is 0 Å². The molecule has 2 aromatic carbocycles. The summed E-state index contributed by atoms with van der Waals surface area (Å²) >= 11 is 0. The Morgan fingerprint density at radius 2 is 1.74 bits per heavy atom. The number of rotatable bonds is 3. The lowest BCUT2D eigenvalue weighted by atomic mass is 10.00. The molecule has 1 aliphatic heterocycles. The number of benzene rings is 2. The molecule has 0 saturated carbocycles. The number of ether oxygens (including phenoxy) is 3. The Hall–Kier alpha value is -2.16. The lowest BCUT2D eigenvalue weighted by molar-refractivity contribution is 0.352. The Morgan fingerprint density at radius 3 is 2.53 bits per heavy atom. The predicted octanol–water partition coefficient (Wildman–Crippen LogP) is 3.31. The second-order valence-electron chi connectivity index (χ2n) is 4.43. The van der Waals surface area contributed by atoms with Crippen molar-refractivity contribution in [2.45, 2.75) is 6.42 Å². The topological polar surface area (TPSA) is 27.7 Å². The van der Waals surface area contributed by atoms with Crippen LogP contribution in [0.3, 0.4) is 0 Å². The molecule has 0 saturated heterocycles. The van der Waals surface area contributed by atoms with Gasteiger partial charge in [0.15, 0.2) is 11.5 Å². The van der Waals surface area contributed by atoms with Crippen molar-refractivity contribution >= 4 is 0 Å². The molecular weight excluding hydrogens is 240 g/mol. The second kappa shape index (κ2) is 4.84. The van der Waals surface area contributed by atoms with E-state index in [1.165, 1.54) is 5.56 Å². The fraction of sp³-hybridized carbons (Fsp3) is 0.250. The van der Waals surface area contributed by atoms with E-state index >= 15 is 0 Å². The molecule has 0 bridgehead atoms. The standard InChI is InChI=1S/C16H16O3/c1-17-14-8-4-7-13(16(14)18-2)12-6-3-5-11-9-10-19-15(11)12/h3-8H,9-10H2,1-2H3. The van der Waals surface area contributed by atoms with Crippen molar-refractivity contribution < 1.29 is 14.2 Å². The normalized spacial score (nSPS) is 12.7. The molecule has 0 unspecified atom stereocenters. The van der Waals surface area contributed by atoms with Gasteiger partial charge in [0.25, 0.3) is 0 Å². The van der Waals surface area contributed by atoms with E-state index in [9.17, 15) is 0 Å². The van der Waals surface area contributed by atoms with E-state index in [1.807, 2.05) is 18.2 Å². The molecule has 3 nitrogen and oxygen atoms in total. The van der Waals surface area contributed by atoms with Crippen LogP contribution < -0.4 is 14.2 Å². The molecule has 0 amide bonds. The van der Waals surface area contributed by atoms with Gasteiger partial charge < -0.3 is 14.2 Å². The molecular formula is C16H16O3. The first-order valence-corrected chi connectivity index (χ1v) is 6.31. The van der Waals surface area contributed by atoms with Crippen LogP contribution in [0.15, 0.2) is 36.4 Å². The highest BCUT2D eigenvalue weighted by atomic mass is 16.5. The number of hydrogen-bond acceptors (Lipinski definition) is 3. The van der Waals surface area contributed by atoms with E-state index in [4.69, 9.17) is 14.2 Å². The van der Waals surface area contributed by atoms with Crippen LogP contribution in [0.5, 0.6) is 17.2 Å². The van der Waals surface area contributed by atoms with E-state index in [0.717, 1.165) is 41.4 Å². The largest absolute Gasteiger partial charge is 0.493 e. The van der Waals surface area contributed by atoms with E-state index in [2.05, 4.69) is 18.2 Å². The highest BCUT2D eigenvalue weighted by Crippen LogP contribution is 2.44. The Morgan fingerprint density at radius 1 is 0.947 bits per heavy atom. The van der Waals surface area contributed by atoms with Crippen LogP contribution >= 0.6 is 0 Å². The van der Waals surface area contributed by atoms with Gasteiger partial charge in [0, 0.05) is 17.5 Å². The number of hydrogen-bond donors (Lipinski definition) is 0. The van der Waals surface area contributed by atoms with Gasteiger partial charge in [0.2, 0.25) is 0 Å². The summed E-state index contributed by atoms with van der Waals surface area (Å²) in [6, 6.07) is 12.1. The van der Waals surface area contributed by atoms with Gasteiger partial charge >= 0.3 is 0 Å². The molecule has 19 heavy (non-hydrogen) atoms. The summed E-state index contributed by atoms with van der Waals surface area (Å²) < 4.78 is 16.6. The molecule has 1 aliphatic rings. The Bertz CT molecular complexity index is 605. The first-order valence-electron chi connectivity index (χ1n) is 6.31. The van der Waals surface area contributed by atoms with Crippen molar-refractivity contribution in [3.63, 3.8) is 0 Å². The lowest BCUT2D eigenvalue weighted by Gasteiger charge is -2.14. The van der Waals surface area contributed by atoms with Gasteiger partial charge in [-0.25, -0.2) is 0 Å². The maximum atomic E-state index is 5.76. The summed E-state index contributed by atoms with van der Waals surface area (Å²) in [6.07, 6.45) is 0.968. The van der Waals surface area contributed by atoms with Crippen molar-refractivity contribution in [2.24, 2.45) is 0 Å². The van der Waals surface area contributed by atoms with Gasteiger partial charge in [-0.15, -0.1) is 0 Å². The Kier molecular flexibility index (Phi) is 3.03. The smallest absolute Gasteiger partial charge is 0.168 e. The van der Waals surface area contributed by atoms with Crippen LogP contribution in [0.1, 0.15) is 5.56 Å². The van der Waals surface area contributed by atoms with E-state index in [1.54, 1.807) is 14.2 Å². The van der Waals surface area contributed by atoms with Crippen LogP contribution in [0, 0.1) is 0 Å². The monoisotopic (exact) mass is 256 g/mol. The average molecular weight is 256 g/mol. The molecule has 0 fully saturated rings. The van der Waals surface area contributed by atoms with Gasteiger partial charge in [-0.05, 0) is 11.6 Å². The molecule has 1 heterocycles. The van der Waals surface area contributed by atoms with Crippen molar-refractivity contribution in [1.29, 1.82) is 0 Å². The molecule has 0 aromatic heterocycles. The summed E-state index contributed by atoms with van der Waals surface area (Å²) in [5.41, 5.74) is 3.31. The lowest BCUT2D eigenvalue weighted by Crippen LogP contribution is -1.94. The fourth-order valence-electron chi connectivity index (χ4n) is 2.53. The van der Waals surface area contributed by atoms with Gasteiger partial charge in [-0.3, -0.25) is 0 Å². The highest BCUT2D eigenvalue weighted by molar-refractivity contribution is 5.79. The molecule has 0 aliphatic carbocycles. The molecule has 3 rings (SSSR count). The maximum Gasteiger partial charge on any atom is 0.168 e. The zero-order valence-corrected chi connectivity index (χ0v) is 11.1. The van der Waals surface area contributed by atoms with E-state index in [-0.39, 0.29) is 0 Å². The first kappa shape index (κ1) is 11.9. The zero-order chi connectivity index (χ0) is 13.2. The molecule has 2 aromatic rings. The van der Waals surface area contributed by atoms with Crippen molar-refractivity contribution in [3.05, 3.63) is 42.0 Å². The van der Waals surface area contributed by atoms with Crippen LogP contribution in [0.4, 0.5) is 0 Å². The summed E-state index contributed by atoms with van der Waals surface area (Å²) in [5, 5.41) is 0. The summed E-state index contributed by atoms with van der Waals surface area (Å²) in [5.74, 6) is 2.44. The molecule has 0 N–H and O–H groups in total. The van der Waals surface area contributed by atoms with E-state index < -0.39 is 0 Å². The average Bonchev–Trinajstić information content (AvgIpc) is 2.94. The van der Waals surface area contributed by atoms with Crippen LogP contribution in [0.25, 0.3) is 11.1 Å². The third-order valence-corrected chi connectivity index (χ3v) is 3.41. The first-order chi connectivity index (χ1) is 9.35. The third kappa shape index (κ3) is 1.91. The van der Waals surface area contributed by atoms with Crippen LogP contribution in [-0.2, 0) is 6.42 Å². The second-order valence-corrected chi connectivity index (χ2v) is 4.43. The Labute approximate surface area is 112 Å². The number of para-hydroxylation sites is 2. The minimum Gasteiger partial charge on any atom is -0.493 e. The summed E-state index contributed by atoms with van der Waals surface area (Å²) in [6.45, 7) is 0.749. The third-order valence-electron chi connectivity index (χ3n) is 3.41.